The van der Waals surface area contributed by atoms with Crippen LogP contribution in [0.3, 0.4) is 0 Å². The molecule has 59 heavy (non-hydrogen) atoms. The second-order valence-electron chi connectivity index (χ2n) is 18.7. The molecule has 1 aromatic carbocycles. The molecule has 0 bridgehead atoms. The Morgan fingerprint density at radius 3 is 2.24 bits per heavy atom. The Balaban J connectivity index is 1.72. The lowest BCUT2D eigenvalue weighted by atomic mass is 10.1. The Bertz CT molecular complexity index is 2100. The van der Waals surface area contributed by atoms with E-state index in [4.69, 9.17) is 18.3 Å². The van der Waals surface area contributed by atoms with Crippen LogP contribution in [0.4, 0.5) is 29.3 Å². The molecule has 0 aliphatic carbocycles. The molecular formula is C40H57F3N6O8Si2. The molecule has 14 nitrogen and oxygen atoms in total. The van der Waals surface area contributed by atoms with Crippen molar-refractivity contribution in [3.05, 3.63) is 58.0 Å². The highest BCUT2D eigenvalue weighted by atomic mass is 28.4. The van der Waals surface area contributed by atoms with Crippen molar-refractivity contribution in [1.29, 1.82) is 0 Å². The van der Waals surface area contributed by atoms with Crippen molar-refractivity contribution in [2.24, 2.45) is 0 Å². The summed E-state index contributed by atoms with van der Waals surface area (Å²) in [7, 11) is -4.39. The highest BCUT2D eigenvalue weighted by Gasteiger charge is 2.47. The van der Waals surface area contributed by atoms with Crippen molar-refractivity contribution in [2.75, 3.05) is 18.1 Å². The summed E-state index contributed by atoms with van der Waals surface area (Å²) in [6.07, 6.45) is -3.50. The molecule has 19 heteroatoms. The molecule has 3 atom stereocenters. The van der Waals surface area contributed by atoms with E-state index in [9.17, 15) is 32.9 Å². The molecule has 1 saturated heterocycles. The highest BCUT2D eigenvalue weighted by Crippen LogP contribution is 2.43. The average molecular weight is 863 g/mol. The largest absolute Gasteiger partial charge is 0.471 e. The molecule has 1 N–H and O–H groups in total. The van der Waals surface area contributed by atoms with Gasteiger partial charge in [0.2, 0.25) is 0 Å². The minimum absolute atomic E-state index is 0.0130. The summed E-state index contributed by atoms with van der Waals surface area (Å²) < 4.78 is 65.5. The monoisotopic (exact) mass is 862 g/mol. The standard InChI is InChI=1S/C40H57F3N6O8Si2/c1-37(2,3)56-36(51)47(23-27-17-16-26(21-29(27)49(52)53)15-14-19-45-35(50)40(41,42)43)28-18-20-44-34-33(28)46-25-48(34)32-22-30(57-59(12,13)39(7,8)9)31(55-32)24-54-58(10,11)38(4,5)6/h16-18,20-21,25,30-32H,19,22-24H2,1-13H3,(H,45,50)/t30?,31-,32-/m1/s1. The number of hydrogen-bond acceptors (Lipinski definition) is 10. The number of aromatic nitrogens is 3. The van der Waals surface area contributed by atoms with Crippen LogP contribution in [0.15, 0.2) is 36.8 Å². The lowest BCUT2D eigenvalue weighted by molar-refractivity contribution is -0.385. The second-order valence-corrected chi connectivity index (χ2v) is 28.2. The number of halogens is 3. The Kier molecular flexibility index (Phi) is 13.9. The molecule has 0 radical (unpaired) electrons. The third kappa shape index (κ3) is 11.7. The molecule has 3 aromatic rings. The Morgan fingerprint density at radius 2 is 1.66 bits per heavy atom. The number of amides is 2. The summed E-state index contributed by atoms with van der Waals surface area (Å²) in [5, 5.41) is 13.9. The summed E-state index contributed by atoms with van der Waals surface area (Å²) >= 11 is 0. The number of nitrogens with one attached hydrogen (secondary N) is 1. The van der Waals surface area contributed by atoms with Crippen molar-refractivity contribution < 1.29 is 46.0 Å². The molecular weight excluding hydrogens is 806 g/mol. The number of imidazole rings is 1. The van der Waals surface area contributed by atoms with Gasteiger partial charge >= 0.3 is 18.2 Å². The van der Waals surface area contributed by atoms with E-state index in [2.05, 4.69) is 89.5 Å². The van der Waals surface area contributed by atoms with Crippen molar-refractivity contribution in [1.82, 2.24) is 19.9 Å². The third-order valence-electron chi connectivity index (χ3n) is 10.9. The van der Waals surface area contributed by atoms with E-state index in [-0.39, 0.29) is 45.6 Å². The molecule has 3 heterocycles. The van der Waals surface area contributed by atoms with Gasteiger partial charge in [0.1, 0.15) is 23.4 Å². The number of rotatable bonds is 11. The van der Waals surface area contributed by atoms with Crippen LogP contribution in [0.25, 0.3) is 11.2 Å². The van der Waals surface area contributed by atoms with Gasteiger partial charge in [0, 0.05) is 29.8 Å². The van der Waals surface area contributed by atoms with Crippen LogP contribution < -0.4 is 10.2 Å². The van der Waals surface area contributed by atoms with Crippen LogP contribution in [0.5, 0.6) is 0 Å². The van der Waals surface area contributed by atoms with Gasteiger partial charge in [-0.15, -0.1) is 0 Å². The number of pyridine rings is 1. The Morgan fingerprint density at radius 1 is 1.02 bits per heavy atom. The third-order valence-corrected chi connectivity index (χ3v) is 19.9. The van der Waals surface area contributed by atoms with E-state index in [1.165, 1.54) is 23.2 Å². The molecule has 1 aliphatic rings. The molecule has 1 unspecified atom stereocenters. The van der Waals surface area contributed by atoms with E-state index in [1.807, 2.05) is 0 Å². The zero-order valence-corrected chi connectivity index (χ0v) is 38.2. The predicted molar refractivity (Wildman–Crippen MR) is 223 cm³/mol. The summed E-state index contributed by atoms with van der Waals surface area (Å²) in [4.78, 5) is 47.3. The number of carbonyl (C=O) groups excluding carboxylic acids is 2. The number of nitrogens with zero attached hydrogens (tertiary/aromatic N) is 5. The molecule has 0 spiro atoms. The molecule has 1 fully saturated rings. The number of nitro benzene ring substituents is 1. The molecule has 2 amide bonds. The molecule has 4 rings (SSSR count). The van der Waals surface area contributed by atoms with E-state index in [0.29, 0.717) is 24.2 Å². The van der Waals surface area contributed by atoms with E-state index >= 15 is 0 Å². The average Bonchev–Trinajstić information content (AvgIpc) is 3.69. The molecule has 1 aliphatic heterocycles. The Hall–Kier alpha value is -4.36. The minimum Gasteiger partial charge on any atom is -0.443 e. The topological polar surface area (TPSA) is 160 Å². The number of benzene rings is 1. The van der Waals surface area contributed by atoms with Gasteiger partial charge in [0.25, 0.3) is 5.69 Å². The first-order valence-corrected chi connectivity index (χ1v) is 25.1. The van der Waals surface area contributed by atoms with Gasteiger partial charge in [-0.05, 0) is 75.2 Å². The maximum Gasteiger partial charge on any atom is 0.471 e. The summed E-state index contributed by atoms with van der Waals surface area (Å²) in [6.45, 7) is 26.4. The number of fused-ring (bicyclic) bond motifs is 1. The summed E-state index contributed by atoms with van der Waals surface area (Å²) in [6, 6.07) is 5.53. The maximum atomic E-state index is 13.9. The van der Waals surface area contributed by atoms with Gasteiger partial charge in [-0.3, -0.25) is 24.4 Å². The summed E-state index contributed by atoms with van der Waals surface area (Å²) in [5.41, 5.74) is -0.144. The summed E-state index contributed by atoms with van der Waals surface area (Å²) in [5.74, 6) is 2.73. The van der Waals surface area contributed by atoms with Crippen LogP contribution in [0.2, 0.25) is 36.3 Å². The molecule has 0 saturated carbocycles. The zero-order valence-electron chi connectivity index (χ0n) is 36.2. The first-order chi connectivity index (χ1) is 26.9. The SMILES string of the molecule is CC(C)(C)OC(=O)N(Cc1ccc(C#CCNC(=O)C(F)(F)F)cc1[N+](=O)[O-])c1ccnc2c1ncn2[C@H]1CC(O[Si](C)(C)C(C)(C)C)[C@@H](CO[Si](C)(C)C(C)(C)C)O1. The number of ether oxygens (including phenoxy) is 2. The highest BCUT2D eigenvalue weighted by molar-refractivity contribution is 6.74. The number of hydrogen-bond donors (Lipinski definition) is 1. The fourth-order valence-corrected chi connectivity index (χ4v) is 7.98. The van der Waals surface area contributed by atoms with Crippen molar-refractivity contribution in [3.63, 3.8) is 0 Å². The van der Waals surface area contributed by atoms with Gasteiger partial charge in [-0.25, -0.2) is 14.8 Å². The predicted octanol–water partition coefficient (Wildman–Crippen LogP) is 9.01. The lowest BCUT2D eigenvalue weighted by Gasteiger charge is -2.40. The first-order valence-electron chi connectivity index (χ1n) is 19.3. The molecule has 324 valence electrons. The van der Waals surface area contributed by atoms with Crippen molar-refractivity contribution in [2.45, 2.75) is 142 Å². The van der Waals surface area contributed by atoms with Crippen LogP contribution in [0.1, 0.15) is 86.1 Å². The van der Waals surface area contributed by atoms with Gasteiger partial charge < -0.3 is 23.6 Å². The first kappa shape index (κ1) is 47.3. The zero-order chi connectivity index (χ0) is 44.5. The normalized spacial score (nSPS) is 18.0. The van der Waals surface area contributed by atoms with Gasteiger partial charge in [0.05, 0.1) is 42.7 Å². The minimum atomic E-state index is -5.07. The lowest BCUT2D eigenvalue weighted by Crippen LogP contribution is -2.48. The molecule has 2 aromatic heterocycles. The fourth-order valence-electron chi connectivity index (χ4n) is 5.61. The van der Waals surface area contributed by atoms with Gasteiger partial charge in [0.15, 0.2) is 22.3 Å². The number of anilines is 1. The number of alkyl halides is 3. The Labute approximate surface area is 345 Å². The second kappa shape index (κ2) is 17.3. The van der Waals surface area contributed by atoms with Gasteiger partial charge in [-0.1, -0.05) is 53.4 Å². The number of nitro groups is 1. The van der Waals surface area contributed by atoms with Crippen molar-refractivity contribution >= 4 is 51.2 Å². The number of carbonyl (C=O) groups is 2. The van der Waals surface area contributed by atoms with E-state index in [0.717, 1.165) is 6.07 Å². The van der Waals surface area contributed by atoms with Crippen LogP contribution >= 0.6 is 0 Å². The quantitative estimate of drug-likeness (QED) is 0.0853. The van der Waals surface area contributed by atoms with Crippen LogP contribution in [-0.2, 0) is 29.7 Å². The fraction of sp³-hybridized carbons (Fsp3) is 0.600. The van der Waals surface area contributed by atoms with Crippen molar-refractivity contribution in [3.8, 4) is 11.8 Å². The van der Waals surface area contributed by atoms with E-state index < -0.39 is 63.8 Å². The van der Waals surface area contributed by atoms with Crippen LogP contribution in [-0.4, -0.2) is 85.2 Å². The van der Waals surface area contributed by atoms with E-state index in [1.54, 1.807) is 43.0 Å². The smallest absolute Gasteiger partial charge is 0.443 e. The van der Waals surface area contributed by atoms with Crippen LogP contribution in [0, 0.1) is 22.0 Å². The maximum absolute atomic E-state index is 13.9. The van der Waals surface area contributed by atoms with Gasteiger partial charge in [-0.2, -0.15) is 13.2 Å².